The number of amides is 1. The van der Waals surface area contributed by atoms with E-state index in [4.69, 9.17) is 5.73 Å². The summed E-state index contributed by atoms with van der Waals surface area (Å²) >= 11 is 0. The van der Waals surface area contributed by atoms with Crippen molar-refractivity contribution in [2.24, 2.45) is 11.7 Å². The van der Waals surface area contributed by atoms with E-state index in [0.717, 1.165) is 30.6 Å². The van der Waals surface area contributed by atoms with Gasteiger partial charge in [-0.3, -0.25) is 4.79 Å². The van der Waals surface area contributed by atoms with Crippen molar-refractivity contribution in [3.05, 3.63) is 24.3 Å². The minimum absolute atomic E-state index is 0. The molecule has 1 aliphatic rings. The van der Waals surface area contributed by atoms with E-state index in [1.54, 1.807) is 0 Å². The summed E-state index contributed by atoms with van der Waals surface area (Å²) in [5, 5.41) is 3.02. The molecule has 3 N–H and O–H groups in total. The lowest BCUT2D eigenvalue weighted by molar-refractivity contribution is -0.119. The van der Waals surface area contributed by atoms with Gasteiger partial charge in [0.2, 0.25) is 5.91 Å². The van der Waals surface area contributed by atoms with Gasteiger partial charge in [0, 0.05) is 36.4 Å². The molecule has 0 aromatic heterocycles. The molecule has 2 atom stereocenters. The Labute approximate surface area is 145 Å². The lowest BCUT2D eigenvalue weighted by Gasteiger charge is -2.24. The van der Waals surface area contributed by atoms with Gasteiger partial charge in [-0.2, -0.15) is 0 Å². The molecule has 0 radical (unpaired) electrons. The van der Waals surface area contributed by atoms with Gasteiger partial charge in [0.25, 0.3) is 0 Å². The van der Waals surface area contributed by atoms with Gasteiger partial charge in [-0.1, -0.05) is 6.07 Å². The molecule has 4 nitrogen and oxygen atoms in total. The predicted molar refractivity (Wildman–Crippen MR) is 98.4 cm³/mol. The van der Waals surface area contributed by atoms with E-state index in [-0.39, 0.29) is 42.7 Å². The highest BCUT2D eigenvalue weighted by atomic mass is 35.5. The van der Waals surface area contributed by atoms with E-state index in [9.17, 15) is 4.79 Å². The number of carbonyl (C=O) groups is 1. The standard InChI is InChI=1S/C16H25N3O.2ClH/c1-11(2)19(3)15-6-4-5-14(10-15)18-16(20)12-7-8-13(17)9-12;;/h4-6,10-13H,7-9,17H2,1-3H3,(H,18,20);2*1H. The smallest absolute Gasteiger partial charge is 0.227 e. The number of hydrogen-bond acceptors (Lipinski definition) is 3. The first-order valence-corrected chi connectivity index (χ1v) is 7.36. The third-order valence-corrected chi connectivity index (χ3v) is 4.14. The largest absolute Gasteiger partial charge is 0.372 e. The van der Waals surface area contributed by atoms with E-state index < -0.39 is 0 Å². The summed E-state index contributed by atoms with van der Waals surface area (Å²) in [6.07, 6.45) is 2.66. The SMILES string of the molecule is CC(C)N(C)c1cccc(NC(=O)C2CCC(N)C2)c1.Cl.Cl. The third kappa shape index (κ3) is 5.34. The summed E-state index contributed by atoms with van der Waals surface area (Å²) in [6.45, 7) is 4.29. The Balaban J connectivity index is 0.00000220. The minimum Gasteiger partial charge on any atom is -0.372 e. The highest BCUT2D eigenvalue weighted by Crippen LogP contribution is 2.26. The van der Waals surface area contributed by atoms with Crippen LogP contribution in [-0.2, 0) is 4.79 Å². The molecular formula is C16H27Cl2N3O. The second-order valence-corrected chi connectivity index (χ2v) is 6.01. The van der Waals surface area contributed by atoms with Crippen LogP contribution in [0.1, 0.15) is 33.1 Å². The van der Waals surface area contributed by atoms with E-state index in [1.807, 2.05) is 18.2 Å². The van der Waals surface area contributed by atoms with Crippen LogP contribution in [0, 0.1) is 5.92 Å². The molecule has 1 saturated carbocycles. The zero-order valence-corrected chi connectivity index (χ0v) is 15.0. The molecule has 0 aliphatic heterocycles. The predicted octanol–water partition coefficient (Wildman–Crippen LogP) is 3.44. The molecule has 1 fully saturated rings. The van der Waals surface area contributed by atoms with Crippen LogP contribution in [0.3, 0.4) is 0 Å². The molecule has 2 unspecified atom stereocenters. The monoisotopic (exact) mass is 347 g/mol. The van der Waals surface area contributed by atoms with Crippen LogP contribution in [-0.4, -0.2) is 25.0 Å². The molecule has 126 valence electrons. The molecule has 1 amide bonds. The zero-order valence-electron chi connectivity index (χ0n) is 13.4. The van der Waals surface area contributed by atoms with E-state index >= 15 is 0 Å². The normalized spacial score (nSPS) is 20.0. The van der Waals surface area contributed by atoms with Crippen molar-refractivity contribution in [2.75, 3.05) is 17.3 Å². The maximum Gasteiger partial charge on any atom is 0.227 e. The first-order valence-electron chi connectivity index (χ1n) is 7.36. The fourth-order valence-corrected chi connectivity index (χ4v) is 2.60. The first-order chi connectivity index (χ1) is 9.47. The second kappa shape index (κ2) is 9.23. The van der Waals surface area contributed by atoms with Crippen LogP contribution in [0.15, 0.2) is 24.3 Å². The Hall–Kier alpha value is -0.970. The Kier molecular flexibility index (Phi) is 8.83. The second-order valence-electron chi connectivity index (χ2n) is 6.01. The van der Waals surface area contributed by atoms with Crippen molar-refractivity contribution in [3.63, 3.8) is 0 Å². The highest BCUT2D eigenvalue weighted by Gasteiger charge is 2.27. The van der Waals surface area contributed by atoms with Gasteiger partial charge in [-0.25, -0.2) is 0 Å². The topological polar surface area (TPSA) is 58.4 Å². The maximum atomic E-state index is 12.2. The highest BCUT2D eigenvalue weighted by molar-refractivity contribution is 5.93. The first kappa shape index (κ1) is 21.0. The summed E-state index contributed by atoms with van der Waals surface area (Å²) in [6, 6.07) is 8.60. The number of anilines is 2. The van der Waals surface area contributed by atoms with E-state index in [0.29, 0.717) is 6.04 Å². The molecule has 1 aliphatic carbocycles. The summed E-state index contributed by atoms with van der Waals surface area (Å²) in [7, 11) is 2.06. The molecule has 22 heavy (non-hydrogen) atoms. The fraction of sp³-hybridized carbons (Fsp3) is 0.562. The van der Waals surface area contributed by atoms with Gasteiger partial charge in [-0.15, -0.1) is 24.8 Å². The number of benzene rings is 1. The number of rotatable bonds is 4. The van der Waals surface area contributed by atoms with Crippen molar-refractivity contribution in [3.8, 4) is 0 Å². The number of carbonyl (C=O) groups excluding carboxylic acids is 1. The van der Waals surface area contributed by atoms with Crippen molar-refractivity contribution >= 4 is 42.1 Å². The van der Waals surface area contributed by atoms with Gasteiger partial charge in [0.1, 0.15) is 0 Å². The lowest BCUT2D eigenvalue weighted by Crippen LogP contribution is -2.26. The van der Waals surface area contributed by atoms with Gasteiger partial charge in [-0.05, 0) is 51.3 Å². The summed E-state index contributed by atoms with van der Waals surface area (Å²) in [5.41, 5.74) is 7.84. The number of hydrogen-bond donors (Lipinski definition) is 2. The molecule has 1 aromatic rings. The van der Waals surface area contributed by atoms with Crippen LogP contribution in [0.2, 0.25) is 0 Å². The van der Waals surface area contributed by atoms with Crippen molar-refractivity contribution in [1.29, 1.82) is 0 Å². The zero-order chi connectivity index (χ0) is 14.7. The van der Waals surface area contributed by atoms with Crippen LogP contribution in [0.4, 0.5) is 11.4 Å². The quantitative estimate of drug-likeness (QED) is 0.876. The summed E-state index contributed by atoms with van der Waals surface area (Å²) in [4.78, 5) is 14.4. The maximum absolute atomic E-state index is 12.2. The van der Waals surface area contributed by atoms with Crippen LogP contribution in [0.5, 0.6) is 0 Å². The van der Waals surface area contributed by atoms with Crippen LogP contribution in [0.25, 0.3) is 0 Å². The Morgan fingerprint density at radius 1 is 1.32 bits per heavy atom. The Bertz CT molecular complexity index is 482. The van der Waals surface area contributed by atoms with Gasteiger partial charge in [0.05, 0.1) is 0 Å². The molecule has 6 heteroatoms. The fourth-order valence-electron chi connectivity index (χ4n) is 2.60. The molecule has 0 heterocycles. The van der Waals surface area contributed by atoms with Crippen molar-refractivity contribution in [1.82, 2.24) is 0 Å². The molecule has 2 rings (SSSR count). The van der Waals surface area contributed by atoms with Gasteiger partial charge in [0.15, 0.2) is 0 Å². The van der Waals surface area contributed by atoms with E-state index in [1.165, 1.54) is 0 Å². The van der Waals surface area contributed by atoms with Crippen LogP contribution >= 0.6 is 24.8 Å². The van der Waals surface area contributed by atoms with Gasteiger partial charge < -0.3 is 16.0 Å². The Morgan fingerprint density at radius 2 is 2.00 bits per heavy atom. The number of nitrogens with two attached hydrogens (primary N) is 1. The minimum atomic E-state index is 0. The van der Waals surface area contributed by atoms with Gasteiger partial charge >= 0.3 is 0 Å². The lowest BCUT2D eigenvalue weighted by atomic mass is 10.1. The average Bonchev–Trinajstić information content (AvgIpc) is 2.85. The molecular weight excluding hydrogens is 321 g/mol. The number of halogens is 2. The summed E-state index contributed by atoms with van der Waals surface area (Å²) < 4.78 is 0. The average molecular weight is 348 g/mol. The third-order valence-electron chi connectivity index (χ3n) is 4.14. The number of nitrogens with zero attached hydrogens (tertiary/aromatic N) is 1. The number of nitrogens with one attached hydrogen (secondary N) is 1. The Morgan fingerprint density at radius 3 is 2.55 bits per heavy atom. The molecule has 1 aromatic carbocycles. The van der Waals surface area contributed by atoms with Crippen LogP contribution < -0.4 is 16.0 Å². The molecule has 0 spiro atoms. The van der Waals surface area contributed by atoms with E-state index in [2.05, 4.69) is 37.2 Å². The van der Waals surface area contributed by atoms with Crippen molar-refractivity contribution < 1.29 is 4.79 Å². The van der Waals surface area contributed by atoms with Crippen molar-refractivity contribution in [2.45, 2.75) is 45.2 Å². The molecule has 0 saturated heterocycles. The summed E-state index contributed by atoms with van der Waals surface area (Å²) in [5.74, 6) is 0.166. The molecule has 0 bridgehead atoms.